The van der Waals surface area contributed by atoms with Crippen LogP contribution in [0, 0.1) is 11.8 Å². The number of aliphatic carboxylic acids is 1. The third kappa shape index (κ3) is 1.52. The molecule has 1 aromatic rings. The number of fused-ring (bicyclic) bond motifs is 1. The van der Waals surface area contributed by atoms with Gasteiger partial charge in [-0.2, -0.15) is 0 Å². The molecule has 4 heteroatoms. The molecular weight excluding hydrogens is 270 g/mol. The Bertz CT molecular complexity index is 431. The van der Waals surface area contributed by atoms with E-state index in [1.807, 2.05) is 29.2 Å². The fraction of sp³-hybridized carbons (Fsp3) is 0.417. The molecule has 1 aromatic carbocycles. The van der Waals surface area contributed by atoms with Crippen molar-refractivity contribution >= 4 is 27.6 Å². The molecule has 1 aliphatic heterocycles. The van der Waals surface area contributed by atoms with Gasteiger partial charge >= 0.3 is 5.97 Å². The van der Waals surface area contributed by atoms with E-state index in [0.717, 1.165) is 23.1 Å². The smallest absolute Gasteiger partial charge is 0.326 e. The Morgan fingerprint density at radius 3 is 2.69 bits per heavy atom. The van der Waals surface area contributed by atoms with Crippen LogP contribution in [0.25, 0.3) is 0 Å². The maximum atomic E-state index is 11.2. The Morgan fingerprint density at radius 1 is 1.38 bits per heavy atom. The molecule has 3 nitrogen and oxygen atoms in total. The van der Waals surface area contributed by atoms with Gasteiger partial charge in [0.05, 0.1) is 0 Å². The number of nitrogens with zero attached hydrogens (tertiary/aromatic N) is 1. The predicted octanol–water partition coefficient (Wildman–Crippen LogP) is 2.36. The SMILES string of the molecule is O=C(O)C1C2CC2CN1c1ccc(Br)cc1. The number of anilines is 1. The Labute approximate surface area is 102 Å². The van der Waals surface area contributed by atoms with E-state index in [1.165, 1.54) is 0 Å². The lowest BCUT2D eigenvalue weighted by atomic mass is 10.1. The van der Waals surface area contributed by atoms with Gasteiger partial charge in [-0.1, -0.05) is 15.9 Å². The number of benzene rings is 1. The molecule has 84 valence electrons. The van der Waals surface area contributed by atoms with Gasteiger partial charge < -0.3 is 10.0 Å². The minimum Gasteiger partial charge on any atom is -0.480 e. The molecule has 2 aliphatic rings. The molecule has 1 saturated carbocycles. The molecule has 3 atom stereocenters. The zero-order chi connectivity index (χ0) is 11.3. The monoisotopic (exact) mass is 281 g/mol. The van der Waals surface area contributed by atoms with Crippen LogP contribution in [0.4, 0.5) is 5.69 Å². The summed E-state index contributed by atoms with van der Waals surface area (Å²) in [5.41, 5.74) is 1.02. The molecule has 0 aromatic heterocycles. The van der Waals surface area contributed by atoms with Gasteiger partial charge in [-0.05, 0) is 42.5 Å². The summed E-state index contributed by atoms with van der Waals surface area (Å²) in [5.74, 6) is 0.291. The van der Waals surface area contributed by atoms with Gasteiger partial charge in [0.1, 0.15) is 6.04 Å². The normalized spacial score (nSPS) is 31.3. The minimum atomic E-state index is -0.687. The highest BCUT2D eigenvalue weighted by Crippen LogP contribution is 2.50. The topological polar surface area (TPSA) is 40.5 Å². The van der Waals surface area contributed by atoms with E-state index < -0.39 is 5.97 Å². The number of carboxylic acid groups (broad SMARTS) is 1. The van der Waals surface area contributed by atoms with Crippen LogP contribution in [-0.2, 0) is 4.79 Å². The Kier molecular flexibility index (Phi) is 2.21. The van der Waals surface area contributed by atoms with Crippen molar-refractivity contribution in [1.82, 2.24) is 0 Å². The second-order valence-corrected chi connectivity index (χ2v) is 5.49. The Balaban J connectivity index is 1.89. The van der Waals surface area contributed by atoms with Gasteiger partial charge in [-0.3, -0.25) is 0 Å². The van der Waals surface area contributed by atoms with Crippen LogP contribution < -0.4 is 4.90 Å². The summed E-state index contributed by atoms with van der Waals surface area (Å²) in [6.45, 7) is 0.892. The van der Waals surface area contributed by atoms with Crippen LogP contribution in [0.3, 0.4) is 0 Å². The maximum absolute atomic E-state index is 11.2. The van der Waals surface area contributed by atoms with Gasteiger partial charge in [-0.15, -0.1) is 0 Å². The van der Waals surface area contributed by atoms with Crippen LogP contribution in [0.2, 0.25) is 0 Å². The van der Waals surface area contributed by atoms with Crippen molar-refractivity contribution in [2.45, 2.75) is 12.5 Å². The number of carbonyl (C=O) groups is 1. The molecule has 16 heavy (non-hydrogen) atoms. The number of carboxylic acids is 1. The first kappa shape index (κ1) is 10.1. The summed E-state index contributed by atoms with van der Waals surface area (Å²) >= 11 is 3.38. The Hall–Kier alpha value is -1.03. The van der Waals surface area contributed by atoms with Gasteiger partial charge in [0.15, 0.2) is 0 Å². The Morgan fingerprint density at radius 2 is 2.06 bits per heavy atom. The first-order valence-electron chi connectivity index (χ1n) is 5.42. The average molecular weight is 282 g/mol. The fourth-order valence-electron chi connectivity index (χ4n) is 2.68. The van der Waals surface area contributed by atoms with Crippen molar-refractivity contribution in [3.05, 3.63) is 28.7 Å². The molecule has 1 aliphatic carbocycles. The van der Waals surface area contributed by atoms with Crippen molar-refractivity contribution in [3.8, 4) is 0 Å². The van der Waals surface area contributed by atoms with Crippen molar-refractivity contribution in [2.24, 2.45) is 11.8 Å². The molecule has 1 saturated heterocycles. The van der Waals surface area contributed by atoms with Crippen LogP contribution in [0.5, 0.6) is 0 Å². The molecule has 1 heterocycles. The lowest BCUT2D eigenvalue weighted by molar-refractivity contribution is -0.138. The number of hydrogen-bond acceptors (Lipinski definition) is 2. The number of rotatable bonds is 2. The highest BCUT2D eigenvalue weighted by Gasteiger charge is 2.55. The second-order valence-electron chi connectivity index (χ2n) is 4.57. The van der Waals surface area contributed by atoms with E-state index in [2.05, 4.69) is 15.9 Å². The van der Waals surface area contributed by atoms with Gasteiger partial charge in [0, 0.05) is 16.7 Å². The molecule has 2 fully saturated rings. The number of hydrogen-bond donors (Lipinski definition) is 1. The van der Waals surface area contributed by atoms with E-state index in [4.69, 9.17) is 0 Å². The van der Waals surface area contributed by atoms with E-state index in [1.54, 1.807) is 0 Å². The lowest BCUT2D eigenvalue weighted by Crippen LogP contribution is -2.39. The van der Waals surface area contributed by atoms with Crippen molar-refractivity contribution in [2.75, 3.05) is 11.4 Å². The zero-order valence-electron chi connectivity index (χ0n) is 8.64. The quantitative estimate of drug-likeness (QED) is 0.905. The summed E-state index contributed by atoms with van der Waals surface area (Å²) < 4.78 is 1.02. The van der Waals surface area contributed by atoms with Crippen molar-refractivity contribution in [1.29, 1.82) is 0 Å². The van der Waals surface area contributed by atoms with Gasteiger partial charge in [0.2, 0.25) is 0 Å². The summed E-state index contributed by atoms with van der Waals surface area (Å²) in [4.78, 5) is 13.3. The lowest BCUT2D eigenvalue weighted by Gasteiger charge is -2.26. The highest BCUT2D eigenvalue weighted by atomic mass is 79.9. The minimum absolute atomic E-state index is 0.314. The van der Waals surface area contributed by atoms with Crippen LogP contribution >= 0.6 is 15.9 Å². The second kappa shape index (κ2) is 3.48. The van der Waals surface area contributed by atoms with Crippen LogP contribution in [0.15, 0.2) is 28.7 Å². The predicted molar refractivity (Wildman–Crippen MR) is 64.5 cm³/mol. The molecule has 0 bridgehead atoms. The standard InChI is InChI=1S/C12H12BrNO2/c13-8-1-3-9(4-2-8)14-6-7-5-10(7)11(14)12(15)16/h1-4,7,10-11H,5-6H2,(H,15,16). The molecule has 3 unspecified atom stereocenters. The van der Waals surface area contributed by atoms with E-state index >= 15 is 0 Å². The zero-order valence-corrected chi connectivity index (χ0v) is 10.2. The highest BCUT2D eigenvalue weighted by molar-refractivity contribution is 9.10. The van der Waals surface area contributed by atoms with E-state index in [-0.39, 0.29) is 6.04 Å². The van der Waals surface area contributed by atoms with Crippen molar-refractivity contribution in [3.63, 3.8) is 0 Å². The van der Waals surface area contributed by atoms with Crippen LogP contribution in [-0.4, -0.2) is 23.7 Å². The first-order chi connectivity index (χ1) is 7.66. The summed E-state index contributed by atoms with van der Waals surface area (Å²) in [5, 5.41) is 9.25. The van der Waals surface area contributed by atoms with Crippen LogP contribution in [0.1, 0.15) is 6.42 Å². The van der Waals surface area contributed by atoms with E-state index in [0.29, 0.717) is 11.8 Å². The molecule has 0 radical (unpaired) electrons. The van der Waals surface area contributed by atoms with E-state index in [9.17, 15) is 9.90 Å². The summed E-state index contributed by atoms with van der Waals surface area (Å²) in [7, 11) is 0. The average Bonchev–Trinajstić information content (AvgIpc) is 2.90. The third-order valence-electron chi connectivity index (χ3n) is 3.56. The number of halogens is 1. The fourth-order valence-corrected chi connectivity index (χ4v) is 2.94. The maximum Gasteiger partial charge on any atom is 0.326 e. The molecule has 1 N–H and O–H groups in total. The number of piperidine rings is 1. The van der Waals surface area contributed by atoms with Gasteiger partial charge in [-0.25, -0.2) is 4.79 Å². The van der Waals surface area contributed by atoms with Crippen molar-refractivity contribution < 1.29 is 9.90 Å². The largest absolute Gasteiger partial charge is 0.480 e. The molecule has 3 rings (SSSR count). The summed E-state index contributed by atoms with van der Waals surface area (Å²) in [6, 6.07) is 7.55. The summed E-state index contributed by atoms with van der Waals surface area (Å²) in [6.07, 6.45) is 1.09. The third-order valence-corrected chi connectivity index (χ3v) is 4.09. The molecular formula is C12H12BrNO2. The molecule has 0 spiro atoms. The first-order valence-corrected chi connectivity index (χ1v) is 6.21. The molecule has 0 amide bonds. The van der Waals surface area contributed by atoms with Gasteiger partial charge in [0.25, 0.3) is 0 Å².